The van der Waals surface area contributed by atoms with Crippen LogP contribution in [0.4, 0.5) is 0 Å². The molecule has 0 saturated carbocycles. The van der Waals surface area contributed by atoms with E-state index in [-0.39, 0.29) is 36.2 Å². The van der Waals surface area contributed by atoms with Gasteiger partial charge in [-0.2, -0.15) is 0 Å². The maximum absolute atomic E-state index is 13.2. The van der Waals surface area contributed by atoms with Crippen LogP contribution in [-0.4, -0.2) is 51.8 Å². The maximum atomic E-state index is 13.2. The lowest BCUT2D eigenvalue weighted by atomic mass is 9.73. The van der Waals surface area contributed by atoms with Gasteiger partial charge in [-0.1, -0.05) is 24.6 Å². The molecule has 3 aliphatic heterocycles. The summed E-state index contributed by atoms with van der Waals surface area (Å²) in [5.41, 5.74) is -1.24. The molecule has 0 radical (unpaired) electrons. The van der Waals surface area contributed by atoms with E-state index < -0.39 is 11.5 Å². The first-order chi connectivity index (χ1) is 14.1. The quantitative estimate of drug-likeness (QED) is 0.714. The number of aliphatic carboxylic acids is 1. The van der Waals surface area contributed by atoms with Crippen molar-refractivity contribution in [2.75, 3.05) is 0 Å². The Bertz CT molecular complexity index is 810. The predicted octanol–water partition coefficient (Wildman–Crippen LogP) is 4.01. The Balaban J connectivity index is 1.45. The lowest BCUT2D eigenvalue weighted by molar-refractivity contribution is -0.150. The minimum Gasteiger partial charge on any atom is -0.479 e. The molecule has 3 aliphatic rings. The van der Waals surface area contributed by atoms with Gasteiger partial charge in [0.05, 0.1) is 11.2 Å². The highest BCUT2D eigenvalue weighted by Gasteiger charge is 2.64. The van der Waals surface area contributed by atoms with E-state index >= 15 is 0 Å². The Morgan fingerprint density at radius 2 is 1.77 bits per heavy atom. The van der Waals surface area contributed by atoms with E-state index in [4.69, 9.17) is 9.31 Å². The Morgan fingerprint density at radius 1 is 1.13 bits per heavy atom. The van der Waals surface area contributed by atoms with Gasteiger partial charge in [0.25, 0.3) is 5.91 Å². The normalized spacial score (nSPS) is 31.3. The molecule has 6 nitrogen and oxygen atoms in total. The van der Waals surface area contributed by atoms with Gasteiger partial charge in [-0.25, -0.2) is 4.79 Å². The zero-order valence-electron chi connectivity index (χ0n) is 18.4. The van der Waals surface area contributed by atoms with Crippen molar-refractivity contribution >= 4 is 19.0 Å². The average Bonchev–Trinajstić information content (AvgIpc) is 3.28. The molecule has 0 unspecified atom stereocenters. The number of carboxylic acids is 1. The Morgan fingerprint density at radius 3 is 2.37 bits per heavy atom. The van der Waals surface area contributed by atoms with Crippen molar-refractivity contribution in [3.63, 3.8) is 0 Å². The van der Waals surface area contributed by atoms with Gasteiger partial charge in [0.1, 0.15) is 5.54 Å². The van der Waals surface area contributed by atoms with Crippen molar-refractivity contribution in [1.82, 2.24) is 4.90 Å². The molecule has 1 aromatic carbocycles. The van der Waals surface area contributed by atoms with Crippen molar-refractivity contribution in [2.24, 2.45) is 5.92 Å². The molecule has 2 bridgehead atoms. The highest BCUT2D eigenvalue weighted by molar-refractivity contribution is 6.45. The lowest BCUT2D eigenvalue weighted by Crippen LogP contribution is -2.54. The van der Waals surface area contributed by atoms with E-state index in [0.29, 0.717) is 12.0 Å². The first-order valence-corrected chi connectivity index (χ1v) is 11.1. The number of fused-ring (bicyclic) bond motifs is 2. The Labute approximate surface area is 179 Å². The lowest BCUT2D eigenvalue weighted by Gasteiger charge is -2.35. The van der Waals surface area contributed by atoms with Gasteiger partial charge in [-0.15, -0.1) is 0 Å². The first-order valence-electron chi connectivity index (χ1n) is 11.1. The first kappa shape index (κ1) is 21.4. The summed E-state index contributed by atoms with van der Waals surface area (Å²) >= 11 is 0. The largest absolute Gasteiger partial charge is 0.479 e. The van der Waals surface area contributed by atoms with Gasteiger partial charge in [0.2, 0.25) is 0 Å². The van der Waals surface area contributed by atoms with Crippen LogP contribution < -0.4 is 0 Å². The zero-order chi connectivity index (χ0) is 21.7. The summed E-state index contributed by atoms with van der Waals surface area (Å²) in [6.07, 6.45) is 4.36. The van der Waals surface area contributed by atoms with Crippen molar-refractivity contribution < 1.29 is 24.0 Å². The van der Waals surface area contributed by atoms with Gasteiger partial charge >= 0.3 is 13.1 Å². The van der Waals surface area contributed by atoms with Gasteiger partial charge in [0.15, 0.2) is 0 Å². The fourth-order valence-electron chi connectivity index (χ4n) is 5.53. The number of carboxylic acid groups (broad SMARTS) is 1. The Kier molecular flexibility index (Phi) is 5.26. The van der Waals surface area contributed by atoms with Gasteiger partial charge < -0.3 is 19.3 Å². The molecule has 0 aromatic heterocycles. The monoisotopic (exact) mass is 413 g/mol. The van der Waals surface area contributed by atoms with Crippen molar-refractivity contribution in [3.05, 3.63) is 35.9 Å². The molecule has 7 heteroatoms. The van der Waals surface area contributed by atoms with Crippen LogP contribution in [0.15, 0.2) is 30.3 Å². The van der Waals surface area contributed by atoms with Crippen molar-refractivity contribution in [3.8, 4) is 0 Å². The summed E-state index contributed by atoms with van der Waals surface area (Å²) in [5, 5.41) is 10.2. The standard InChI is InChI=1S/C23H32BNO5/c1-21(2)22(3,4)30-24(29-21)14-8-11-17-15-18-12-13-23(17,20(27)28)25(18)19(26)16-9-6-5-7-10-16/h5-7,9-10,17-18H,8,11-15H2,1-4H3,(H,27,28)/t17-,18-,23+/m1/s1. The molecule has 162 valence electrons. The van der Waals surface area contributed by atoms with E-state index in [2.05, 4.69) is 0 Å². The topological polar surface area (TPSA) is 76.1 Å². The van der Waals surface area contributed by atoms with Crippen LogP contribution >= 0.6 is 0 Å². The molecule has 3 heterocycles. The molecule has 3 fully saturated rings. The second-order valence-corrected chi connectivity index (χ2v) is 10.0. The van der Waals surface area contributed by atoms with Crippen LogP contribution in [0.3, 0.4) is 0 Å². The predicted molar refractivity (Wildman–Crippen MR) is 114 cm³/mol. The molecule has 0 aliphatic carbocycles. The van der Waals surface area contributed by atoms with Crippen molar-refractivity contribution in [2.45, 2.75) is 88.9 Å². The number of benzene rings is 1. The third-order valence-electron chi connectivity index (χ3n) is 7.79. The van der Waals surface area contributed by atoms with E-state index in [0.717, 1.165) is 32.0 Å². The highest BCUT2D eigenvalue weighted by Crippen LogP contribution is 2.53. The average molecular weight is 413 g/mol. The number of amides is 1. The van der Waals surface area contributed by atoms with E-state index in [9.17, 15) is 14.7 Å². The molecular weight excluding hydrogens is 381 g/mol. The third-order valence-corrected chi connectivity index (χ3v) is 7.79. The molecular formula is C23H32BNO5. The third kappa shape index (κ3) is 3.27. The molecule has 0 spiro atoms. The smallest absolute Gasteiger partial charge is 0.457 e. The van der Waals surface area contributed by atoms with Crippen LogP contribution in [-0.2, 0) is 14.1 Å². The van der Waals surface area contributed by atoms with Crippen LogP contribution in [0.2, 0.25) is 6.32 Å². The van der Waals surface area contributed by atoms with Crippen LogP contribution in [0.5, 0.6) is 0 Å². The molecule has 30 heavy (non-hydrogen) atoms. The maximum Gasteiger partial charge on any atom is 0.457 e. The minimum absolute atomic E-state index is 0.00986. The SMILES string of the molecule is CC1(C)OB(CCC[C@@H]2C[C@H]3CC[C@]2(C(=O)O)N3C(=O)c2ccccc2)OC1(C)C. The summed E-state index contributed by atoms with van der Waals surface area (Å²) in [6, 6.07) is 9.05. The zero-order valence-corrected chi connectivity index (χ0v) is 18.4. The van der Waals surface area contributed by atoms with E-state index in [1.54, 1.807) is 17.0 Å². The van der Waals surface area contributed by atoms with Crippen LogP contribution in [0.1, 0.15) is 70.2 Å². The fraction of sp³-hybridized carbons (Fsp3) is 0.652. The van der Waals surface area contributed by atoms with Crippen LogP contribution in [0.25, 0.3) is 0 Å². The Hall–Kier alpha value is -1.86. The number of hydrogen-bond acceptors (Lipinski definition) is 4. The van der Waals surface area contributed by atoms with Gasteiger partial charge in [-0.05, 0) is 77.7 Å². The second kappa shape index (κ2) is 7.38. The molecule has 3 atom stereocenters. The number of nitrogens with zero attached hydrogens (tertiary/aromatic N) is 1. The number of hydrogen-bond donors (Lipinski definition) is 1. The second-order valence-electron chi connectivity index (χ2n) is 10.0. The number of carbonyl (C=O) groups excluding carboxylic acids is 1. The minimum atomic E-state index is -1.09. The van der Waals surface area contributed by atoms with Gasteiger partial charge in [-0.3, -0.25) is 4.79 Å². The van der Waals surface area contributed by atoms with Gasteiger partial charge in [0, 0.05) is 11.6 Å². The number of rotatable bonds is 6. The fourth-order valence-corrected chi connectivity index (χ4v) is 5.53. The summed E-state index contributed by atoms with van der Waals surface area (Å²) in [4.78, 5) is 27.4. The van der Waals surface area contributed by atoms with Crippen molar-refractivity contribution in [1.29, 1.82) is 0 Å². The number of carbonyl (C=O) groups is 2. The highest BCUT2D eigenvalue weighted by atomic mass is 16.7. The summed E-state index contributed by atoms with van der Waals surface area (Å²) in [6.45, 7) is 8.15. The molecule has 1 aromatic rings. The summed E-state index contributed by atoms with van der Waals surface area (Å²) < 4.78 is 12.2. The molecule has 3 saturated heterocycles. The van der Waals surface area contributed by atoms with E-state index in [1.807, 2.05) is 45.9 Å². The summed E-state index contributed by atoms with van der Waals surface area (Å²) in [7, 11) is -0.267. The summed E-state index contributed by atoms with van der Waals surface area (Å²) in [5.74, 6) is -1.06. The molecule has 1 N–H and O–H groups in total. The molecule has 1 amide bonds. The van der Waals surface area contributed by atoms with E-state index in [1.165, 1.54) is 0 Å². The molecule has 4 rings (SSSR count). The van der Waals surface area contributed by atoms with Crippen LogP contribution in [0, 0.1) is 5.92 Å².